The van der Waals surface area contributed by atoms with E-state index in [0.29, 0.717) is 24.3 Å². The Morgan fingerprint density at radius 1 is 1.17 bits per heavy atom. The maximum absolute atomic E-state index is 13.5. The number of aromatic nitrogens is 3. The second-order valence-corrected chi connectivity index (χ2v) is 5.86. The predicted molar refractivity (Wildman–Crippen MR) is 84.7 cm³/mol. The van der Waals surface area contributed by atoms with Gasteiger partial charge in [-0.1, -0.05) is 0 Å². The summed E-state index contributed by atoms with van der Waals surface area (Å²) in [5.74, 6) is -0.851. The Balaban J connectivity index is 1.90. The third-order valence-corrected chi connectivity index (χ3v) is 4.15. The van der Waals surface area contributed by atoms with Crippen molar-refractivity contribution in [3.05, 3.63) is 65.6 Å². The molecule has 4 nitrogen and oxygen atoms in total. The highest BCUT2D eigenvalue weighted by Crippen LogP contribution is 2.32. The summed E-state index contributed by atoms with van der Waals surface area (Å²) in [6.45, 7) is 2.41. The minimum Gasteiger partial charge on any atom is -0.373 e. The lowest BCUT2D eigenvalue weighted by Crippen LogP contribution is -2.20. The van der Waals surface area contributed by atoms with Crippen LogP contribution < -0.4 is 0 Å². The first-order chi connectivity index (χ1) is 11.6. The highest BCUT2D eigenvalue weighted by atomic mass is 19.1. The zero-order valence-corrected chi connectivity index (χ0v) is 13.0. The number of hydrogen-bond acceptors (Lipinski definition) is 3. The molecular weight excluding hydrogens is 312 g/mol. The van der Waals surface area contributed by atoms with E-state index < -0.39 is 5.95 Å². The molecule has 0 bridgehead atoms. The minimum atomic E-state index is -0.553. The monoisotopic (exact) mass is 327 g/mol. The number of halogens is 2. The lowest BCUT2D eigenvalue weighted by atomic mass is 10.0. The van der Waals surface area contributed by atoms with Gasteiger partial charge in [0.05, 0.1) is 29.8 Å². The molecule has 1 aliphatic heterocycles. The maximum Gasteiger partial charge on any atom is 0.213 e. The highest BCUT2D eigenvalue weighted by Gasteiger charge is 2.26. The van der Waals surface area contributed by atoms with Crippen LogP contribution in [0.15, 0.2) is 42.6 Å². The standard InChI is InChI=1S/C18H15F2N3O/c1-11-8-16-15(10-24-11)18(12-6-7-21-17(20)9-12)22-23(16)14-4-2-13(19)3-5-14/h2-7,9,11H,8,10H2,1H3. The van der Waals surface area contributed by atoms with Crippen LogP contribution in [-0.4, -0.2) is 20.9 Å². The number of hydrogen-bond donors (Lipinski definition) is 0. The van der Waals surface area contributed by atoms with Gasteiger partial charge in [-0.05, 0) is 37.3 Å². The fourth-order valence-electron chi connectivity index (χ4n) is 2.98. The van der Waals surface area contributed by atoms with E-state index in [9.17, 15) is 8.78 Å². The lowest BCUT2D eigenvalue weighted by Gasteiger charge is -2.21. The van der Waals surface area contributed by atoms with Crippen LogP contribution in [0.2, 0.25) is 0 Å². The van der Waals surface area contributed by atoms with E-state index in [4.69, 9.17) is 4.74 Å². The minimum absolute atomic E-state index is 0.0652. The summed E-state index contributed by atoms with van der Waals surface area (Å²) in [5, 5.41) is 4.66. The van der Waals surface area contributed by atoms with Gasteiger partial charge in [-0.2, -0.15) is 9.49 Å². The molecule has 0 fully saturated rings. The number of benzene rings is 1. The van der Waals surface area contributed by atoms with Crippen molar-refractivity contribution < 1.29 is 13.5 Å². The molecule has 3 heterocycles. The first-order valence-electron chi connectivity index (χ1n) is 7.72. The zero-order valence-electron chi connectivity index (χ0n) is 13.0. The van der Waals surface area contributed by atoms with Crippen LogP contribution in [0.25, 0.3) is 16.9 Å². The van der Waals surface area contributed by atoms with Crippen LogP contribution in [0.4, 0.5) is 8.78 Å². The lowest BCUT2D eigenvalue weighted by molar-refractivity contribution is 0.0401. The van der Waals surface area contributed by atoms with Crippen molar-refractivity contribution in [2.45, 2.75) is 26.1 Å². The molecule has 2 aromatic heterocycles. The summed E-state index contributed by atoms with van der Waals surface area (Å²) in [6, 6.07) is 9.24. The summed E-state index contributed by atoms with van der Waals surface area (Å²) in [5.41, 5.74) is 4.03. The summed E-state index contributed by atoms with van der Waals surface area (Å²) in [7, 11) is 0. The second-order valence-electron chi connectivity index (χ2n) is 5.86. The SMILES string of the molecule is CC1Cc2c(c(-c3ccnc(F)c3)nn2-c2ccc(F)cc2)CO1. The van der Waals surface area contributed by atoms with Gasteiger partial charge in [0.25, 0.3) is 0 Å². The molecule has 4 rings (SSSR count). The van der Waals surface area contributed by atoms with E-state index >= 15 is 0 Å². The molecule has 6 heteroatoms. The highest BCUT2D eigenvalue weighted by molar-refractivity contribution is 5.64. The van der Waals surface area contributed by atoms with Gasteiger partial charge in [-0.3, -0.25) is 0 Å². The van der Waals surface area contributed by atoms with Crippen LogP contribution in [0.1, 0.15) is 18.2 Å². The van der Waals surface area contributed by atoms with E-state index in [1.54, 1.807) is 22.9 Å². The molecule has 1 unspecified atom stereocenters. The largest absolute Gasteiger partial charge is 0.373 e. The average Bonchev–Trinajstić information content (AvgIpc) is 2.94. The zero-order chi connectivity index (χ0) is 16.7. The quantitative estimate of drug-likeness (QED) is 0.674. The molecule has 1 aromatic carbocycles. The van der Waals surface area contributed by atoms with E-state index in [1.165, 1.54) is 24.4 Å². The van der Waals surface area contributed by atoms with Gasteiger partial charge in [0, 0.05) is 29.8 Å². The topological polar surface area (TPSA) is 39.9 Å². The van der Waals surface area contributed by atoms with Gasteiger partial charge in [0.2, 0.25) is 5.95 Å². The summed E-state index contributed by atoms with van der Waals surface area (Å²) >= 11 is 0. The molecule has 0 spiro atoms. The van der Waals surface area contributed by atoms with Crippen molar-refractivity contribution in [2.24, 2.45) is 0 Å². The first-order valence-corrected chi connectivity index (χ1v) is 7.72. The van der Waals surface area contributed by atoms with Crippen molar-refractivity contribution >= 4 is 0 Å². The van der Waals surface area contributed by atoms with Crippen LogP contribution in [-0.2, 0) is 17.8 Å². The molecular formula is C18H15F2N3O. The normalized spacial score (nSPS) is 16.9. The molecule has 24 heavy (non-hydrogen) atoms. The molecule has 0 N–H and O–H groups in total. The fourth-order valence-corrected chi connectivity index (χ4v) is 2.98. The molecule has 0 amide bonds. The summed E-state index contributed by atoms with van der Waals surface area (Å²) < 4.78 is 34.3. The van der Waals surface area contributed by atoms with Crippen molar-refractivity contribution in [2.75, 3.05) is 0 Å². The molecule has 1 aliphatic rings. The second kappa shape index (κ2) is 5.79. The van der Waals surface area contributed by atoms with Gasteiger partial charge in [-0.15, -0.1) is 0 Å². The Morgan fingerprint density at radius 2 is 1.96 bits per heavy atom. The Morgan fingerprint density at radius 3 is 2.71 bits per heavy atom. The van der Waals surface area contributed by atoms with Crippen molar-refractivity contribution in [1.29, 1.82) is 0 Å². The third-order valence-electron chi connectivity index (χ3n) is 4.15. The van der Waals surface area contributed by atoms with Crippen molar-refractivity contribution in [3.8, 4) is 16.9 Å². The van der Waals surface area contributed by atoms with Crippen LogP contribution >= 0.6 is 0 Å². The van der Waals surface area contributed by atoms with Gasteiger partial charge in [0.15, 0.2) is 0 Å². The Hall–Kier alpha value is -2.60. The molecule has 0 radical (unpaired) electrons. The van der Waals surface area contributed by atoms with Gasteiger partial charge in [0.1, 0.15) is 5.82 Å². The number of fused-ring (bicyclic) bond motifs is 1. The molecule has 3 aromatic rings. The molecule has 122 valence electrons. The van der Waals surface area contributed by atoms with E-state index in [2.05, 4.69) is 10.1 Å². The summed E-state index contributed by atoms with van der Waals surface area (Å²) in [4.78, 5) is 3.59. The van der Waals surface area contributed by atoms with Crippen LogP contribution in [0.5, 0.6) is 0 Å². The number of rotatable bonds is 2. The maximum atomic E-state index is 13.5. The van der Waals surface area contributed by atoms with Crippen molar-refractivity contribution in [1.82, 2.24) is 14.8 Å². The molecule has 0 saturated heterocycles. The molecule has 0 aliphatic carbocycles. The van der Waals surface area contributed by atoms with Crippen molar-refractivity contribution in [3.63, 3.8) is 0 Å². The van der Waals surface area contributed by atoms with E-state index in [-0.39, 0.29) is 11.9 Å². The summed E-state index contributed by atoms with van der Waals surface area (Å²) in [6.07, 6.45) is 2.17. The Labute approximate surface area is 137 Å². The number of ether oxygens (including phenoxy) is 1. The average molecular weight is 327 g/mol. The third kappa shape index (κ3) is 2.59. The first kappa shape index (κ1) is 15.0. The predicted octanol–water partition coefficient (Wildman–Crippen LogP) is 3.67. The van der Waals surface area contributed by atoms with Gasteiger partial charge >= 0.3 is 0 Å². The Bertz CT molecular complexity index is 890. The number of pyridine rings is 1. The smallest absolute Gasteiger partial charge is 0.213 e. The Kier molecular flexibility index (Phi) is 3.61. The van der Waals surface area contributed by atoms with Crippen LogP contribution in [0, 0.1) is 11.8 Å². The van der Waals surface area contributed by atoms with Gasteiger partial charge < -0.3 is 4.74 Å². The molecule has 0 saturated carbocycles. The molecule has 1 atom stereocenters. The number of nitrogens with zero attached hydrogens (tertiary/aromatic N) is 3. The fraction of sp³-hybridized carbons (Fsp3) is 0.222. The van der Waals surface area contributed by atoms with Gasteiger partial charge in [-0.25, -0.2) is 14.1 Å². The van der Waals surface area contributed by atoms with E-state index in [1.807, 2.05) is 6.92 Å². The van der Waals surface area contributed by atoms with Crippen LogP contribution in [0.3, 0.4) is 0 Å². The van der Waals surface area contributed by atoms with E-state index in [0.717, 1.165) is 16.9 Å².